The number of ether oxygens (including phenoxy) is 2. The highest BCUT2D eigenvalue weighted by Crippen LogP contribution is 2.40. The van der Waals surface area contributed by atoms with Crippen LogP contribution in [0.1, 0.15) is 11.3 Å². The number of carboxylic acids is 1. The zero-order valence-electron chi connectivity index (χ0n) is 14.0. The van der Waals surface area contributed by atoms with Gasteiger partial charge in [-0.2, -0.15) is 0 Å². The van der Waals surface area contributed by atoms with Crippen LogP contribution in [0.15, 0.2) is 45.3 Å². The van der Waals surface area contributed by atoms with Crippen LogP contribution in [-0.4, -0.2) is 22.7 Å². The van der Waals surface area contributed by atoms with E-state index in [9.17, 15) is 4.79 Å². The molecule has 7 heteroatoms. The van der Waals surface area contributed by atoms with Crippen molar-refractivity contribution in [3.8, 4) is 17.2 Å². The monoisotopic (exact) mass is 479 g/mol. The van der Waals surface area contributed by atoms with Crippen LogP contribution < -0.4 is 9.47 Å². The maximum Gasteiger partial charge on any atom is 0.341 e. The van der Waals surface area contributed by atoms with Gasteiger partial charge in [-0.1, -0.05) is 0 Å². The second-order valence-corrected chi connectivity index (χ2v) is 7.47. The molecule has 3 rings (SSSR count). The van der Waals surface area contributed by atoms with Crippen LogP contribution in [-0.2, 0) is 4.79 Å². The Morgan fingerprint density at radius 2 is 1.77 bits per heavy atom. The minimum atomic E-state index is -1.03. The van der Waals surface area contributed by atoms with Gasteiger partial charge in [0.25, 0.3) is 0 Å². The Morgan fingerprint density at radius 1 is 1.08 bits per heavy atom. The highest BCUT2D eigenvalue weighted by atomic mass is 79.9. The van der Waals surface area contributed by atoms with Gasteiger partial charge in [0.05, 0.1) is 14.5 Å². The minimum absolute atomic E-state index is 0.407. The van der Waals surface area contributed by atoms with E-state index in [1.165, 1.54) is 0 Å². The Morgan fingerprint density at radius 3 is 2.42 bits per heavy atom. The third-order valence-corrected chi connectivity index (χ3v) is 4.85. The lowest BCUT2D eigenvalue weighted by molar-refractivity contribution is -0.139. The summed E-state index contributed by atoms with van der Waals surface area (Å²) in [5.74, 6) is 0.636. The first-order chi connectivity index (χ1) is 12.3. The van der Waals surface area contributed by atoms with E-state index in [4.69, 9.17) is 14.6 Å². The molecule has 1 aromatic heterocycles. The zero-order chi connectivity index (χ0) is 18.8. The molecule has 0 saturated heterocycles. The first-order valence-electron chi connectivity index (χ1n) is 7.73. The number of nitrogens with zero attached hydrogens (tertiary/aromatic N) is 1. The quantitative estimate of drug-likeness (QED) is 0.512. The smallest absolute Gasteiger partial charge is 0.341 e. The fraction of sp³-hybridized carbons (Fsp3) is 0.158. The summed E-state index contributed by atoms with van der Waals surface area (Å²) in [7, 11) is 0. The maximum absolute atomic E-state index is 10.6. The lowest BCUT2D eigenvalue weighted by Crippen LogP contribution is -2.09. The van der Waals surface area contributed by atoms with Gasteiger partial charge < -0.3 is 14.6 Å². The van der Waals surface area contributed by atoms with Crippen molar-refractivity contribution in [1.82, 2.24) is 4.98 Å². The van der Waals surface area contributed by atoms with E-state index in [1.54, 1.807) is 12.1 Å². The van der Waals surface area contributed by atoms with E-state index < -0.39 is 12.6 Å². The third-order valence-electron chi connectivity index (χ3n) is 3.67. The molecule has 3 aromatic rings. The summed E-state index contributed by atoms with van der Waals surface area (Å²) in [6.45, 7) is 3.61. The van der Waals surface area contributed by atoms with E-state index in [2.05, 4.69) is 36.8 Å². The predicted molar refractivity (Wildman–Crippen MR) is 106 cm³/mol. The highest BCUT2D eigenvalue weighted by molar-refractivity contribution is 9.11. The van der Waals surface area contributed by atoms with Gasteiger partial charge in [0, 0.05) is 11.1 Å². The van der Waals surface area contributed by atoms with Crippen LogP contribution in [0.25, 0.3) is 10.9 Å². The molecule has 0 aliphatic rings. The first-order valence-corrected chi connectivity index (χ1v) is 9.31. The summed E-state index contributed by atoms with van der Waals surface area (Å²) in [5, 5.41) is 9.74. The van der Waals surface area contributed by atoms with Gasteiger partial charge in [-0.3, -0.25) is 4.98 Å². The second kappa shape index (κ2) is 7.63. The van der Waals surface area contributed by atoms with Gasteiger partial charge in [0.1, 0.15) is 11.5 Å². The third kappa shape index (κ3) is 4.16. The number of hydrogen-bond donors (Lipinski definition) is 1. The van der Waals surface area contributed by atoms with Gasteiger partial charge in [-0.05, 0) is 87.7 Å². The molecule has 2 aromatic carbocycles. The molecule has 0 atom stereocenters. The lowest BCUT2D eigenvalue weighted by Gasteiger charge is -2.13. The molecule has 0 fully saturated rings. The largest absolute Gasteiger partial charge is 0.482 e. The molecular weight excluding hydrogens is 466 g/mol. The van der Waals surface area contributed by atoms with Gasteiger partial charge in [0.2, 0.25) is 0 Å². The first kappa shape index (κ1) is 18.7. The Bertz CT molecular complexity index is 981. The molecule has 0 bridgehead atoms. The summed E-state index contributed by atoms with van der Waals surface area (Å²) in [5.41, 5.74) is 3.03. The van der Waals surface area contributed by atoms with Gasteiger partial charge in [0.15, 0.2) is 12.4 Å². The second-order valence-electron chi connectivity index (χ2n) is 5.76. The van der Waals surface area contributed by atoms with Gasteiger partial charge in [-0.25, -0.2) is 4.79 Å². The number of benzene rings is 2. The molecule has 0 saturated carbocycles. The summed E-state index contributed by atoms with van der Waals surface area (Å²) in [4.78, 5) is 15.2. The van der Waals surface area contributed by atoms with E-state index in [0.29, 0.717) is 26.2 Å². The summed E-state index contributed by atoms with van der Waals surface area (Å²) < 4.78 is 12.5. The predicted octanol–water partition coefficient (Wildman–Crippen LogP) is 5.63. The number of aromatic nitrogens is 1. The summed E-state index contributed by atoms with van der Waals surface area (Å²) >= 11 is 6.88. The van der Waals surface area contributed by atoms with Gasteiger partial charge in [-0.15, -0.1) is 0 Å². The number of carbonyl (C=O) groups is 1. The van der Waals surface area contributed by atoms with Crippen LogP contribution >= 0.6 is 31.9 Å². The molecule has 0 radical (unpaired) electrons. The van der Waals surface area contributed by atoms with Crippen molar-refractivity contribution >= 4 is 48.7 Å². The Labute approximate surface area is 167 Å². The average Bonchev–Trinajstić information content (AvgIpc) is 2.56. The van der Waals surface area contributed by atoms with E-state index >= 15 is 0 Å². The number of pyridine rings is 1. The number of carboxylic acid groups (broad SMARTS) is 1. The average molecular weight is 481 g/mol. The van der Waals surface area contributed by atoms with Crippen molar-refractivity contribution in [1.29, 1.82) is 0 Å². The minimum Gasteiger partial charge on any atom is -0.482 e. The number of rotatable bonds is 5. The van der Waals surface area contributed by atoms with Crippen molar-refractivity contribution in [2.45, 2.75) is 13.8 Å². The lowest BCUT2D eigenvalue weighted by atomic mass is 10.1. The van der Waals surface area contributed by atoms with Crippen molar-refractivity contribution in [2.75, 3.05) is 6.61 Å². The fourth-order valence-corrected chi connectivity index (χ4v) is 3.89. The van der Waals surface area contributed by atoms with Crippen LogP contribution in [0.5, 0.6) is 17.2 Å². The molecule has 1 N–H and O–H groups in total. The highest BCUT2D eigenvalue weighted by Gasteiger charge is 2.13. The Kier molecular flexibility index (Phi) is 5.48. The molecule has 5 nitrogen and oxygen atoms in total. The molecular formula is C19H15Br2NO4. The molecule has 134 valence electrons. The van der Waals surface area contributed by atoms with Crippen LogP contribution in [0.3, 0.4) is 0 Å². The van der Waals surface area contributed by atoms with E-state index in [0.717, 1.165) is 22.2 Å². The van der Waals surface area contributed by atoms with Crippen molar-refractivity contribution < 1.29 is 19.4 Å². The van der Waals surface area contributed by atoms with Crippen molar-refractivity contribution in [3.05, 3.63) is 56.6 Å². The number of aryl methyl sites for hydroxylation is 2. The van der Waals surface area contributed by atoms with Gasteiger partial charge >= 0.3 is 5.97 Å². The molecule has 0 spiro atoms. The van der Waals surface area contributed by atoms with E-state index in [-0.39, 0.29) is 0 Å². The number of aliphatic carboxylic acids is 1. The zero-order valence-corrected chi connectivity index (χ0v) is 17.2. The Hall–Kier alpha value is -2.12. The number of hydrogen-bond acceptors (Lipinski definition) is 4. The number of halogens is 2. The SMILES string of the molecule is Cc1cc(C)c2cc(Oc3c(Br)cc(OCC(=O)O)cc3Br)ccc2n1. The molecule has 0 unspecified atom stereocenters. The Balaban J connectivity index is 1.91. The molecule has 0 aliphatic carbocycles. The fourth-order valence-electron chi connectivity index (χ4n) is 2.59. The molecule has 0 aliphatic heterocycles. The normalized spacial score (nSPS) is 10.8. The van der Waals surface area contributed by atoms with Crippen LogP contribution in [0.2, 0.25) is 0 Å². The van der Waals surface area contributed by atoms with Crippen LogP contribution in [0.4, 0.5) is 0 Å². The standard InChI is InChI=1S/C19H15Br2NO4/c1-10-5-11(2)22-17-4-3-12(6-14(10)17)26-19-15(20)7-13(8-16(19)21)25-9-18(23)24/h3-8H,9H2,1-2H3,(H,23,24). The number of fused-ring (bicyclic) bond motifs is 1. The van der Waals surface area contributed by atoms with Crippen LogP contribution in [0, 0.1) is 13.8 Å². The van der Waals surface area contributed by atoms with E-state index in [1.807, 2.05) is 38.1 Å². The topological polar surface area (TPSA) is 68.7 Å². The summed E-state index contributed by atoms with van der Waals surface area (Å²) in [6.07, 6.45) is 0. The molecule has 26 heavy (non-hydrogen) atoms. The maximum atomic E-state index is 10.6. The molecule has 0 amide bonds. The van der Waals surface area contributed by atoms with Crippen molar-refractivity contribution in [3.63, 3.8) is 0 Å². The van der Waals surface area contributed by atoms with Crippen molar-refractivity contribution in [2.24, 2.45) is 0 Å². The summed E-state index contributed by atoms with van der Waals surface area (Å²) in [6, 6.07) is 11.1. The molecule has 1 heterocycles.